The monoisotopic (exact) mass is 395 g/mol. The second kappa shape index (κ2) is 6.91. The summed E-state index contributed by atoms with van der Waals surface area (Å²) in [7, 11) is -3.63. The normalized spacial score (nSPS) is 20.3. The van der Waals surface area contributed by atoms with E-state index in [0.717, 1.165) is 19.5 Å². The highest BCUT2D eigenvalue weighted by Crippen LogP contribution is 2.23. The van der Waals surface area contributed by atoms with E-state index in [1.165, 1.54) is 12.3 Å². The third kappa shape index (κ3) is 4.39. The quantitative estimate of drug-likeness (QED) is 0.777. The number of sulfonamides is 1. The van der Waals surface area contributed by atoms with Crippen molar-refractivity contribution in [1.29, 1.82) is 0 Å². The van der Waals surface area contributed by atoms with Gasteiger partial charge in [-0.3, -0.25) is 0 Å². The standard InChI is InChI=1S/C13H19BrClN3O2S/c1-9(2)18-4-3-10(8-18)6-17-21(19,20)12-5-11(14)7-16-13(12)15/h5,7,9-10,17H,3-4,6,8H2,1-2H3. The molecule has 1 fully saturated rings. The van der Waals surface area contributed by atoms with Crippen molar-refractivity contribution >= 4 is 37.6 Å². The molecule has 118 valence electrons. The summed E-state index contributed by atoms with van der Waals surface area (Å²) in [6.07, 6.45) is 2.48. The molecule has 0 amide bonds. The Labute approximate surface area is 139 Å². The summed E-state index contributed by atoms with van der Waals surface area (Å²) in [5.41, 5.74) is 0. The Balaban J connectivity index is 2.01. The molecule has 1 aromatic heterocycles. The van der Waals surface area contributed by atoms with Gasteiger partial charge in [0.05, 0.1) is 0 Å². The summed E-state index contributed by atoms with van der Waals surface area (Å²) >= 11 is 9.09. The Morgan fingerprint density at radius 2 is 2.29 bits per heavy atom. The van der Waals surface area contributed by atoms with Gasteiger partial charge in [0.2, 0.25) is 10.0 Å². The van der Waals surface area contributed by atoms with Crippen LogP contribution in [0.4, 0.5) is 0 Å². The first-order valence-corrected chi connectivity index (χ1v) is 9.50. The zero-order valence-electron chi connectivity index (χ0n) is 12.0. The van der Waals surface area contributed by atoms with E-state index in [1.54, 1.807) is 0 Å². The smallest absolute Gasteiger partial charge is 0.243 e. The summed E-state index contributed by atoms with van der Waals surface area (Å²) < 4.78 is 27.8. The van der Waals surface area contributed by atoms with Gasteiger partial charge < -0.3 is 4.90 Å². The SMILES string of the molecule is CC(C)N1CCC(CNS(=O)(=O)c2cc(Br)cnc2Cl)C1. The van der Waals surface area contributed by atoms with Crippen molar-refractivity contribution in [1.82, 2.24) is 14.6 Å². The number of pyridine rings is 1. The lowest BCUT2D eigenvalue weighted by molar-refractivity contribution is 0.265. The van der Waals surface area contributed by atoms with Crippen LogP contribution in [0.2, 0.25) is 5.15 Å². The first-order valence-electron chi connectivity index (χ1n) is 6.84. The molecule has 0 aromatic carbocycles. The molecule has 0 bridgehead atoms. The van der Waals surface area contributed by atoms with E-state index < -0.39 is 10.0 Å². The number of hydrogen-bond acceptors (Lipinski definition) is 4. The van der Waals surface area contributed by atoms with E-state index in [0.29, 0.717) is 23.0 Å². The van der Waals surface area contributed by atoms with Gasteiger partial charge in [-0.1, -0.05) is 11.6 Å². The van der Waals surface area contributed by atoms with Gasteiger partial charge in [-0.05, 0) is 54.7 Å². The van der Waals surface area contributed by atoms with Gasteiger partial charge in [0, 0.05) is 29.8 Å². The predicted molar refractivity (Wildman–Crippen MR) is 87.0 cm³/mol. The minimum atomic E-state index is -3.63. The molecule has 1 aliphatic heterocycles. The topological polar surface area (TPSA) is 62.3 Å². The number of nitrogens with one attached hydrogen (secondary N) is 1. The second-order valence-corrected chi connectivity index (χ2v) is 8.55. The van der Waals surface area contributed by atoms with Gasteiger partial charge in [0.25, 0.3) is 0 Å². The zero-order valence-corrected chi connectivity index (χ0v) is 15.2. The van der Waals surface area contributed by atoms with E-state index >= 15 is 0 Å². The van der Waals surface area contributed by atoms with Crippen LogP contribution >= 0.6 is 27.5 Å². The lowest BCUT2D eigenvalue weighted by Crippen LogP contribution is -2.33. The molecule has 1 aliphatic rings. The number of likely N-dealkylation sites (tertiary alicyclic amines) is 1. The van der Waals surface area contributed by atoms with Crippen LogP contribution in [0.3, 0.4) is 0 Å². The molecule has 0 spiro atoms. The zero-order chi connectivity index (χ0) is 15.6. The van der Waals surface area contributed by atoms with Crippen LogP contribution in [0.1, 0.15) is 20.3 Å². The lowest BCUT2D eigenvalue weighted by atomic mass is 10.1. The molecular formula is C13H19BrClN3O2S. The molecule has 0 radical (unpaired) electrons. The van der Waals surface area contributed by atoms with Gasteiger partial charge >= 0.3 is 0 Å². The van der Waals surface area contributed by atoms with Crippen molar-refractivity contribution in [3.8, 4) is 0 Å². The molecule has 1 N–H and O–H groups in total. The van der Waals surface area contributed by atoms with Gasteiger partial charge in [-0.2, -0.15) is 0 Å². The predicted octanol–water partition coefficient (Wildman–Crippen LogP) is 2.51. The van der Waals surface area contributed by atoms with Crippen molar-refractivity contribution in [2.75, 3.05) is 19.6 Å². The van der Waals surface area contributed by atoms with Crippen molar-refractivity contribution in [2.45, 2.75) is 31.2 Å². The van der Waals surface area contributed by atoms with Crippen molar-refractivity contribution in [3.05, 3.63) is 21.9 Å². The summed E-state index contributed by atoms with van der Waals surface area (Å²) in [4.78, 5) is 6.22. The third-order valence-corrected chi connectivity index (χ3v) is 5.96. The minimum absolute atomic E-state index is 0.0113. The Bertz CT molecular complexity index is 609. The maximum absolute atomic E-state index is 12.3. The number of halogens is 2. The number of nitrogens with zero attached hydrogens (tertiary/aromatic N) is 2. The summed E-state index contributed by atoms with van der Waals surface area (Å²) in [6, 6.07) is 1.96. The maximum atomic E-state index is 12.3. The molecule has 2 heterocycles. The highest BCUT2D eigenvalue weighted by atomic mass is 79.9. The van der Waals surface area contributed by atoms with E-state index in [4.69, 9.17) is 11.6 Å². The first kappa shape index (κ1) is 17.1. The van der Waals surface area contributed by atoms with Crippen LogP contribution in [-0.4, -0.2) is 44.0 Å². The fourth-order valence-electron chi connectivity index (χ4n) is 2.40. The van der Waals surface area contributed by atoms with Crippen LogP contribution < -0.4 is 4.72 Å². The largest absolute Gasteiger partial charge is 0.301 e. The molecule has 8 heteroatoms. The maximum Gasteiger partial charge on any atom is 0.243 e. The average Bonchev–Trinajstić information content (AvgIpc) is 2.88. The van der Waals surface area contributed by atoms with Crippen LogP contribution in [0.5, 0.6) is 0 Å². The highest BCUT2D eigenvalue weighted by Gasteiger charge is 2.26. The Hall–Kier alpha value is -0.210. The van der Waals surface area contributed by atoms with Crippen LogP contribution in [0, 0.1) is 5.92 Å². The Morgan fingerprint density at radius 3 is 2.90 bits per heavy atom. The molecule has 21 heavy (non-hydrogen) atoms. The molecule has 1 saturated heterocycles. The van der Waals surface area contributed by atoms with Crippen molar-refractivity contribution in [3.63, 3.8) is 0 Å². The molecule has 0 saturated carbocycles. The van der Waals surface area contributed by atoms with Crippen LogP contribution in [0.25, 0.3) is 0 Å². The average molecular weight is 397 g/mol. The summed E-state index contributed by atoms with van der Waals surface area (Å²) in [5, 5.41) is -0.0130. The van der Waals surface area contributed by atoms with E-state index in [-0.39, 0.29) is 10.0 Å². The molecular weight excluding hydrogens is 378 g/mol. The van der Waals surface area contributed by atoms with E-state index in [2.05, 4.69) is 44.4 Å². The molecule has 5 nitrogen and oxygen atoms in total. The lowest BCUT2D eigenvalue weighted by Gasteiger charge is -2.20. The highest BCUT2D eigenvalue weighted by molar-refractivity contribution is 9.10. The molecule has 1 unspecified atom stereocenters. The van der Waals surface area contributed by atoms with Crippen molar-refractivity contribution < 1.29 is 8.42 Å². The Kier molecular flexibility index (Phi) is 5.65. The first-order chi connectivity index (χ1) is 9.79. The minimum Gasteiger partial charge on any atom is -0.301 e. The number of hydrogen-bond donors (Lipinski definition) is 1. The fraction of sp³-hybridized carbons (Fsp3) is 0.615. The number of rotatable bonds is 5. The van der Waals surface area contributed by atoms with Crippen LogP contribution in [0.15, 0.2) is 21.6 Å². The summed E-state index contributed by atoms with van der Waals surface area (Å²) in [5.74, 6) is 0.334. The van der Waals surface area contributed by atoms with Gasteiger partial charge in [0.1, 0.15) is 10.0 Å². The summed E-state index contributed by atoms with van der Waals surface area (Å²) in [6.45, 7) is 6.67. The molecule has 0 aliphatic carbocycles. The van der Waals surface area contributed by atoms with Crippen molar-refractivity contribution in [2.24, 2.45) is 5.92 Å². The fourth-order valence-corrected chi connectivity index (χ4v) is 4.45. The van der Waals surface area contributed by atoms with Gasteiger partial charge in [0.15, 0.2) is 0 Å². The number of aromatic nitrogens is 1. The Morgan fingerprint density at radius 1 is 1.57 bits per heavy atom. The second-order valence-electron chi connectivity index (χ2n) is 5.54. The molecule has 2 rings (SSSR count). The van der Waals surface area contributed by atoms with Crippen LogP contribution in [-0.2, 0) is 10.0 Å². The van der Waals surface area contributed by atoms with E-state index in [1.807, 2.05) is 0 Å². The third-order valence-electron chi connectivity index (χ3n) is 3.67. The van der Waals surface area contributed by atoms with Gasteiger partial charge in [-0.15, -0.1) is 0 Å². The van der Waals surface area contributed by atoms with E-state index in [9.17, 15) is 8.42 Å². The van der Waals surface area contributed by atoms with Gasteiger partial charge in [-0.25, -0.2) is 18.1 Å². The molecule has 1 atom stereocenters. The molecule has 1 aromatic rings.